The Hall–Kier alpha value is -1.15. The van der Waals surface area contributed by atoms with Crippen molar-refractivity contribution in [2.75, 3.05) is 6.61 Å². The topological polar surface area (TPSA) is 26.3 Å². The second-order valence-corrected chi connectivity index (χ2v) is 4.73. The first-order valence-electron chi connectivity index (χ1n) is 6.53. The van der Waals surface area contributed by atoms with Crippen LogP contribution < -0.4 is 0 Å². The number of carbonyl (C=O) groups excluding carboxylic acids is 1. The molecule has 17 heavy (non-hydrogen) atoms. The second kappa shape index (κ2) is 5.97. The highest BCUT2D eigenvalue weighted by Crippen LogP contribution is 2.22. The van der Waals surface area contributed by atoms with Gasteiger partial charge in [0.2, 0.25) is 0 Å². The standard InChI is InChI=1S/C15H20O2/c1-2-4-12-7-9-13(10-8-12)15(16)11-17-14-5-3-6-14/h7-10,14H,2-6,11H2,1H3. The van der Waals surface area contributed by atoms with E-state index in [0.29, 0.717) is 6.10 Å². The van der Waals surface area contributed by atoms with E-state index in [9.17, 15) is 4.79 Å². The van der Waals surface area contributed by atoms with Gasteiger partial charge >= 0.3 is 0 Å². The van der Waals surface area contributed by atoms with Crippen LogP contribution in [0.15, 0.2) is 24.3 Å². The minimum absolute atomic E-state index is 0.0972. The van der Waals surface area contributed by atoms with Gasteiger partial charge in [0, 0.05) is 5.56 Å². The molecule has 1 aromatic rings. The van der Waals surface area contributed by atoms with Crippen molar-refractivity contribution in [1.29, 1.82) is 0 Å². The van der Waals surface area contributed by atoms with E-state index in [-0.39, 0.29) is 12.4 Å². The summed E-state index contributed by atoms with van der Waals surface area (Å²) >= 11 is 0. The molecule has 0 N–H and O–H groups in total. The van der Waals surface area contributed by atoms with E-state index in [1.54, 1.807) is 0 Å². The van der Waals surface area contributed by atoms with Crippen LogP contribution in [-0.4, -0.2) is 18.5 Å². The molecule has 0 aliphatic heterocycles. The van der Waals surface area contributed by atoms with E-state index in [4.69, 9.17) is 4.74 Å². The number of benzene rings is 1. The van der Waals surface area contributed by atoms with E-state index >= 15 is 0 Å². The third-order valence-electron chi connectivity index (χ3n) is 3.32. The molecule has 1 fully saturated rings. The van der Waals surface area contributed by atoms with Crippen LogP contribution in [0.25, 0.3) is 0 Å². The van der Waals surface area contributed by atoms with Crippen molar-refractivity contribution in [3.63, 3.8) is 0 Å². The summed E-state index contributed by atoms with van der Waals surface area (Å²) in [7, 11) is 0. The lowest BCUT2D eigenvalue weighted by molar-refractivity contribution is 0.00731. The fourth-order valence-corrected chi connectivity index (χ4v) is 1.96. The Labute approximate surface area is 103 Å². The molecule has 0 amide bonds. The van der Waals surface area contributed by atoms with Crippen molar-refractivity contribution in [3.05, 3.63) is 35.4 Å². The van der Waals surface area contributed by atoms with Gasteiger partial charge in [-0.15, -0.1) is 0 Å². The van der Waals surface area contributed by atoms with Gasteiger partial charge in [-0.25, -0.2) is 0 Å². The van der Waals surface area contributed by atoms with Gasteiger partial charge in [0.15, 0.2) is 5.78 Å². The van der Waals surface area contributed by atoms with Crippen LogP contribution in [0.4, 0.5) is 0 Å². The molecule has 1 aliphatic carbocycles. The smallest absolute Gasteiger partial charge is 0.188 e. The van der Waals surface area contributed by atoms with Gasteiger partial charge in [0.25, 0.3) is 0 Å². The summed E-state index contributed by atoms with van der Waals surface area (Å²) < 4.78 is 5.52. The molecule has 0 saturated heterocycles. The molecule has 0 heterocycles. The molecule has 0 unspecified atom stereocenters. The van der Waals surface area contributed by atoms with E-state index < -0.39 is 0 Å². The predicted octanol–water partition coefficient (Wildman–Crippen LogP) is 3.39. The molecule has 1 aromatic carbocycles. The maximum absolute atomic E-state index is 11.8. The number of rotatable bonds is 6. The minimum atomic E-state index is 0.0972. The van der Waals surface area contributed by atoms with E-state index in [1.165, 1.54) is 12.0 Å². The maximum Gasteiger partial charge on any atom is 0.188 e. The van der Waals surface area contributed by atoms with Gasteiger partial charge in [-0.05, 0) is 31.2 Å². The van der Waals surface area contributed by atoms with Gasteiger partial charge in [-0.2, -0.15) is 0 Å². The molecule has 2 nitrogen and oxygen atoms in total. The van der Waals surface area contributed by atoms with Crippen LogP contribution in [0.1, 0.15) is 48.5 Å². The van der Waals surface area contributed by atoms with Crippen LogP contribution >= 0.6 is 0 Å². The number of Topliss-reactive ketones (excluding diaryl/α,β-unsaturated/α-hetero) is 1. The zero-order valence-electron chi connectivity index (χ0n) is 10.4. The molecule has 1 saturated carbocycles. The Balaban J connectivity index is 1.84. The quantitative estimate of drug-likeness (QED) is 0.703. The fraction of sp³-hybridized carbons (Fsp3) is 0.533. The predicted molar refractivity (Wildman–Crippen MR) is 68.4 cm³/mol. The van der Waals surface area contributed by atoms with Crippen molar-refractivity contribution in [2.45, 2.75) is 45.1 Å². The number of carbonyl (C=O) groups is 1. The number of aryl methyl sites for hydroxylation is 1. The summed E-state index contributed by atoms with van der Waals surface area (Å²) in [6.07, 6.45) is 6.01. The lowest BCUT2D eigenvalue weighted by Gasteiger charge is -2.25. The van der Waals surface area contributed by atoms with Crippen LogP contribution in [0.2, 0.25) is 0 Å². The first kappa shape index (κ1) is 12.3. The SMILES string of the molecule is CCCc1ccc(C(=O)COC2CCC2)cc1. The number of hydrogen-bond donors (Lipinski definition) is 0. The van der Waals surface area contributed by atoms with E-state index in [1.807, 2.05) is 24.3 Å². The third kappa shape index (κ3) is 3.40. The van der Waals surface area contributed by atoms with Crippen LogP contribution in [0.5, 0.6) is 0 Å². The van der Waals surface area contributed by atoms with Gasteiger partial charge < -0.3 is 4.74 Å². The maximum atomic E-state index is 11.8. The summed E-state index contributed by atoms with van der Waals surface area (Å²) in [5, 5.41) is 0. The summed E-state index contributed by atoms with van der Waals surface area (Å²) in [4.78, 5) is 11.8. The third-order valence-corrected chi connectivity index (χ3v) is 3.32. The lowest BCUT2D eigenvalue weighted by atomic mass is 9.96. The van der Waals surface area contributed by atoms with Gasteiger partial charge in [0.05, 0.1) is 6.10 Å². The van der Waals surface area contributed by atoms with Crippen molar-refractivity contribution < 1.29 is 9.53 Å². The van der Waals surface area contributed by atoms with E-state index in [2.05, 4.69) is 6.92 Å². The summed E-state index contributed by atoms with van der Waals surface area (Å²) in [6.45, 7) is 2.39. The summed E-state index contributed by atoms with van der Waals surface area (Å²) in [6, 6.07) is 7.91. The second-order valence-electron chi connectivity index (χ2n) is 4.73. The molecule has 0 atom stereocenters. The number of ether oxygens (including phenoxy) is 1. The van der Waals surface area contributed by atoms with E-state index in [0.717, 1.165) is 31.2 Å². The Bertz CT molecular complexity index is 363. The zero-order valence-corrected chi connectivity index (χ0v) is 10.4. The Morgan fingerprint density at radius 1 is 1.29 bits per heavy atom. The van der Waals surface area contributed by atoms with Crippen LogP contribution in [0.3, 0.4) is 0 Å². The Morgan fingerprint density at radius 2 is 2.00 bits per heavy atom. The molecule has 0 spiro atoms. The van der Waals surface area contributed by atoms with Crippen molar-refractivity contribution in [3.8, 4) is 0 Å². The van der Waals surface area contributed by atoms with Crippen molar-refractivity contribution in [1.82, 2.24) is 0 Å². The first-order chi connectivity index (χ1) is 8.29. The average Bonchev–Trinajstić information content (AvgIpc) is 2.28. The molecule has 0 aromatic heterocycles. The molecular formula is C15H20O2. The van der Waals surface area contributed by atoms with Gasteiger partial charge in [-0.3, -0.25) is 4.79 Å². The monoisotopic (exact) mass is 232 g/mol. The van der Waals surface area contributed by atoms with Gasteiger partial charge in [-0.1, -0.05) is 37.6 Å². The molecule has 2 rings (SSSR count). The molecule has 92 valence electrons. The Kier molecular flexibility index (Phi) is 4.32. The minimum Gasteiger partial charge on any atom is -0.370 e. The highest BCUT2D eigenvalue weighted by atomic mass is 16.5. The fourth-order valence-electron chi connectivity index (χ4n) is 1.96. The highest BCUT2D eigenvalue weighted by molar-refractivity contribution is 5.97. The van der Waals surface area contributed by atoms with Crippen molar-refractivity contribution in [2.24, 2.45) is 0 Å². The largest absolute Gasteiger partial charge is 0.370 e. The van der Waals surface area contributed by atoms with Crippen LogP contribution in [0, 0.1) is 0 Å². The highest BCUT2D eigenvalue weighted by Gasteiger charge is 2.19. The van der Waals surface area contributed by atoms with Crippen molar-refractivity contribution >= 4 is 5.78 Å². The lowest BCUT2D eigenvalue weighted by Crippen LogP contribution is -2.24. The van der Waals surface area contributed by atoms with Gasteiger partial charge in [0.1, 0.15) is 6.61 Å². The normalized spacial score (nSPS) is 15.6. The molecular weight excluding hydrogens is 212 g/mol. The number of hydrogen-bond acceptors (Lipinski definition) is 2. The van der Waals surface area contributed by atoms with Crippen LogP contribution in [-0.2, 0) is 11.2 Å². The first-order valence-corrected chi connectivity index (χ1v) is 6.53. The summed E-state index contributed by atoms with van der Waals surface area (Å²) in [5.74, 6) is 0.0972. The Morgan fingerprint density at radius 3 is 2.53 bits per heavy atom. The number of ketones is 1. The molecule has 2 heteroatoms. The molecule has 1 aliphatic rings. The zero-order chi connectivity index (χ0) is 12.1. The molecule has 0 bridgehead atoms. The average molecular weight is 232 g/mol. The molecule has 0 radical (unpaired) electrons. The summed E-state index contributed by atoms with van der Waals surface area (Å²) in [5.41, 5.74) is 2.06.